The van der Waals surface area contributed by atoms with Crippen LogP contribution in [0.2, 0.25) is 0 Å². The number of benzene rings is 1. The molecule has 1 fully saturated rings. The number of hydrogen-bond donors (Lipinski definition) is 2. The van der Waals surface area contributed by atoms with E-state index in [0.29, 0.717) is 24.5 Å². The largest absolute Gasteiger partial charge is 0.478 e. The number of aryl methyl sites for hydroxylation is 1. The maximum absolute atomic E-state index is 13.5. The highest BCUT2D eigenvalue weighted by Crippen LogP contribution is 2.26. The number of carboxylic acids is 1. The number of nitrogens with zero attached hydrogens (tertiary/aromatic N) is 2. The topological polar surface area (TPSA) is 99.6 Å². The van der Waals surface area contributed by atoms with E-state index in [-0.39, 0.29) is 16.1 Å². The van der Waals surface area contributed by atoms with Crippen LogP contribution in [-0.4, -0.2) is 37.6 Å². The second kappa shape index (κ2) is 8.77. The van der Waals surface area contributed by atoms with Crippen molar-refractivity contribution < 1.29 is 22.7 Å². The lowest BCUT2D eigenvalue weighted by Gasteiger charge is -2.27. The molecule has 1 saturated heterocycles. The first kappa shape index (κ1) is 21.0. The maximum Gasteiger partial charge on any atom is 0.339 e. The minimum absolute atomic E-state index is 0.0156. The standard InChI is InChI=1S/C20H24FN3O4S/c1-14-7-8-15(21)11-18(14)29(27,28)23-16-12-17(20(25)26)19(22-13-16)24-9-5-3-2-4-6-10-24/h7-8,11-13,23H,2-6,9-10H2,1H3,(H,25,26). The van der Waals surface area contributed by atoms with E-state index in [1.807, 2.05) is 4.90 Å². The van der Waals surface area contributed by atoms with Crippen LogP contribution in [0.25, 0.3) is 0 Å². The zero-order valence-corrected chi connectivity index (χ0v) is 17.0. The number of aromatic nitrogens is 1. The van der Waals surface area contributed by atoms with Gasteiger partial charge in [0.05, 0.1) is 16.8 Å². The van der Waals surface area contributed by atoms with Crippen molar-refractivity contribution >= 4 is 27.5 Å². The number of carboxylic acid groups (broad SMARTS) is 1. The van der Waals surface area contributed by atoms with Crippen LogP contribution in [0, 0.1) is 12.7 Å². The summed E-state index contributed by atoms with van der Waals surface area (Å²) in [4.78, 5) is 17.8. The number of pyridine rings is 1. The molecule has 1 aromatic carbocycles. The lowest BCUT2D eigenvalue weighted by molar-refractivity contribution is 0.0697. The number of hydrogen-bond acceptors (Lipinski definition) is 5. The fraction of sp³-hybridized carbons (Fsp3) is 0.400. The summed E-state index contributed by atoms with van der Waals surface area (Å²) in [5.74, 6) is -1.52. The lowest BCUT2D eigenvalue weighted by Crippen LogP contribution is -2.29. The third-order valence-corrected chi connectivity index (χ3v) is 6.47. The molecule has 3 rings (SSSR count). The van der Waals surface area contributed by atoms with Gasteiger partial charge in [-0.05, 0) is 43.5 Å². The molecule has 0 radical (unpaired) electrons. The smallest absolute Gasteiger partial charge is 0.339 e. The highest BCUT2D eigenvalue weighted by molar-refractivity contribution is 7.92. The Kier molecular flexibility index (Phi) is 6.36. The molecule has 2 N–H and O–H groups in total. The van der Waals surface area contributed by atoms with Crippen LogP contribution in [0.5, 0.6) is 0 Å². The zero-order valence-electron chi connectivity index (χ0n) is 16.2. The van der Waals surface area contributed by atoms with Gasteiger partial charge in [-0.25, -0.2) is 22.6 Å². The summed E-state index contributed by atoms with van der Waals surface area (Å²) >= 11 is 0. The number of halogens is 1. The van der Waals surface area contributed by atoms with Crippen molar-refractivity contribution in [2.75, 3.05) is 22.7 Å². The van der Waals surface area contributed by atoms with Gasteiger partial charge < -0.3 is 10.0 Å². The molecule has 2 heterocycles. The predicted octanol–water partition coefficient (Wildman–Crippen LogP) is 3.80. The monoisotopic (exact) mass is 421 g/mol. The Balaban J connectivity index is 1.92. The normalized spacial score (nSPS) is 15.4. The van der Waals surface area contributed by atoms with Crippen molar-refractivity contribution in [3.63, 3.8) is 0 Å². The Morgan fingerprint density at radius 2 is 1.79 bits per heavy atom. The minimum atomic E-state index is -4.09. The average molecular weight is 421 g/mol. The van der Waals surface area contributed by atoms with Gasteiger partial charge in [0, 0.05) is 13.1 Å². The first-order valence-corrected chi connectivity index (χ1v) is 11.0. The molecule has 29 heavy (non-hydrogen) atoms. The quantitative estimate of drug-likeness (QED) is 0.762. The Morgan fingerprint density at radius 3 is 2.45 bits per heavy atom. The first-order valence-electron chi connectivity index (χ1n) is 9.55. The van der Waals surface area contributed by atoms with Crippen LogP contribution >= 0.6 is 0 Å². The van der Waals surface area contributed by atoms with Crippen molar-refractivity contribution in [2.24, 2.45) is 0 Å². The molecule has 9 heteroatoms. The molecule has 1 aliphatic rings. The van der Waals surface area contributed by atoms with Crippen molar-refractivity contribution in [1.82, 2.24) is 4.98 Å². The van der Waals surface area contributed by atoms with E-state index in [1.165, 1.54) is 30.8 Å². The Morgan fingerprint density at radius 1 is 1.14 bits per heavy atom. The van der Waals surface area contributed by atoms with E-state index >= 15 is 0 Å². The summed E-state index contributed by atoms with van der Waals surface area (Å²) in [6.07, 6.45) is 6.55. The number of carbonyl (C=O) groups is 1. The van der Waals surface area contributed by atoms with Gasteiger partial charge in [0.25, 0.3) is 10.0 Å². The molecule has 1 aliphatic heterocycles. The summed E-state index contributed by atoms with van der Waals surface area (Å²) in [6.45, 7) is 2.97. The Bertz CT molecular complexity index is 1000. The van der Waals surface area contributed by atoms with E-state index in [2.05, 4.69) is 9.71 Å². The molecule has 0 bridgehead atoms. The third-order valence-electron chi connectivity index (χ3n) is 4.94. The van der Waals surface area contributed by atoms with Crippen molar-refractivity contribution in [1.29, 1.82) is 0 Å². The number of rotatable bonds is 5. The van der Waals surface area contributed by atoms with Crippen molar-refractivity contribution in [3.05, 3.63) is 47.4 Å². The molecule has 0 aliphatic carbocycles. The minimum Gasteiger partial charge on any atom is -0.478 e. The summed E-state index contributed by atoms with van der Waals surface area (Å²) < 4.78 is 41.2. The summed E-state index contributed by atoms with van der Waals surface area (Å²) in [5, 5.41) is 9.65. The Hall–Kier alpha value is -2.68. The van der Waals surface area contributed by atoms with Crippen molar-refractivity contribution in [2.45, 2.75) is 43.9 Å². The molecule has 2 aromatic rings. The molecule has 0 unspecified atom stereocenters. The van der Waals surface area contributed by atoms with Gasteiger partial charge >= 0.3 is 5.97 Å². The average Bonchev–Trinajstić information content (AvgIpc) is 2.63. The highest BCUT2D eigenvalue weighted by Gasteiger charge is 2.22. The SMILES string of the molecule is Cc1ccc(F)cc1S(=O)(=O)Nc1cnc(N2CCCCCCC2)c(C(=O)O)c1. The Labute approximate surface area is 169 Å². The zero-order chi connectivity index (χ0) is 21.0. The number of aromatic carboxylic acids is 1. The highest BCUT2D eigenvalue weighted by atomic mass is 32.2. The van der Waals surface area contributed by atoms with Gasteiger partial charge in [-0.1, -0.05) is 25.3 Å². The lowest BCUT2D eigenvalue weighted by atomic mass is 10.1. The van der Waals surface area contributed by atoms with E-state index in [0.717, 1.165) is 31.7 Å². The van der Waals surface area contributed by atoms with Gasteiger partial charge in [0.15, 0.2) is 0 Å². The summed E-state index contributed by atoms with van der Waals surface area (Å²) in [7, 11) is -4.09. The number of sulfonamides is 1. The molecule has 0 atom stereocenters. The number of anilines is 2. The van der Waals surface area contributed by atoms with Gasteiger partial charge in [-0.2, -0.15) is 0 Å². The second-order valence-corrected chi connectivity index (χ2v) is 8.82. The van der Waals surface area contributed by atoms with E-state index in [9.17, 15) is 22.7 Å². The van der Waals surface area contributed by atoms with Crippen LogP contribution in [0.15, 0.2) is 35.4 Å². The second-order valence-electron chi connectivity index (χ2n) is 7.17. The summed E-state index contributed by atoms with van der Waals surface area (Å²) in [6, 6.07) is 4.74. The maximum atomic E-state index is 13.5. The third kappa shape index (κ3) is 5.03. The molecule has 0 saturated carbocycles. The van der Waals surface area contributed by atoms with Crippen LogP contribution in [0.3, 0.4) is 0 Å². The van der Waals surface area contributed by atoms with Crippen LogP contribution in [0.1, 0.15) is 48.0 Å². The predicted molar refractivity (Wildman–Crippen MR) is 108 cm³/mol. The van der Waals surface area contributed by atoms with Gasteiger partial charge in [0.2, 0.25) is 0 Å². The first-order chi connectivity index (χ1) is 13.8. The van der Waals surface area contributed by atoms with Crippen LogP contribution in [-0.2, 0) is 10.0 Å². The van der Waals surface area contributed by atoms with Gasteiger partial charge in [0.1, 0.15) is 17.2 Å². The molecule has 0 spiro atoms. The number of nitrogens with one attached hydrogen (secondary N) is 1. The molecule has 7 nitrogen and oxygen atoms in total. The molecular weight excluding hydrogens is 397 g/mol. The van der Waals surface area contributed by atoms with E-state index in [1.54, 1.807) is 6.92 Å². The fourth-order valence-corrected chi connectivity index (χ4v) is 4.75. The van der Waals surface area contributed by atoms with E-state index < -0.39 is 21.8 Å². The fourth-order valence-electron chi connectivity index (χ4n) is 3.46. The molecular formula is C20H24FN3O4S. The van der Waals surface area contributed by atoms with Gasteiger partial charge in [-0.3, -0.25) is 4.72 Å². The van der Waals surface area contributed by atoms with Crippen LogP contribution < -0.4 is 9.62 Å². The summed E-state index contributed by atoms with van der Waals surface area (Å²) in [5.41, 5.74) is 0.325. The van der Waals surface area contributed by atoms with Crippen LogP contribution in [0.4, 0.5) is 15.9 Å². The molecule has 0 amide bonds. The van der Waals surface area contributed by atoms with Gasteiger partial charge in [-0.15, -0.1) is 0 Å². The van der Waals surface area contributed by atoms with Crippen molar-refractivity contribution in [3.8, 4) is 0 Å². The van der Waals surface area contributed by atoms with E-state index in [4.69, 9.17) is 0 Å². The molecule has 1 aromatic heterocycles. The molecule has 156 valence electrons.